The van der Waals surface area contributed by atoms with E-state index < -0.39 is 125 Å². The van der Waals surface area contributed by atoms with Crippen LogP contribution in [-0.2, 0) is 71.6 Å². The van der Waals surface area contributed by atoms with Gasteiger partial charge >= 0.3 is 17.9 Å². The predicted molar refractivity (Wildman–Crippen MR) is 285 cm³/mol. The first kappa shape index (κ1) is 60.3. The molecule has 0 unspecified atom stereocenters. The zero-order valence-corrected chi connectivity index (χ0v) is 48.9. The average Bonchev–Trinajstić information content (AvgIpc) is 4.49. The molecule has 0 bridgehead atoms. The zero-order valence-electron chi connectivity index (χ0n) is 48.1. The van der Waals surface area contributed by atoms with E-state index in [4.69, 9.17) is 68.7 Å². The van der Waals surface area contributed by atoms with Crippen molar-refractivity contribution in [3.63, 3.8) is 0 Å². The first-order chi connectivity index (χ1) is 37.7. The number of ether oxygens (including phenoxy) is 10. The van der Waals surface area contributed by atoms with Crippen molar-refractivity contribution in [2.45, 2.75) is 210 Å². The molecule has 6 saturated heterocycles. The number of cyclic esters (lactones) is 1. The van der Waals surface area contributed by atoms with Gasteiger partial charge in [-0.1, -0.05) is 39.3 Å². The molecular formula is C57H80ClN3O19. The molecule has 7 aliphatic rings. The van der Waals surface area contributed by atoms with Crippen molar-refractivity contribution in [2.24, 2.45) is 23.7 Å². The molecule has 1 saturated carbocycles. The largest absolute Gasteiger partial charge is 0.490 e. The number of carboxylic acid groups (broad SMARTS) is 1. The summed E-state index contributed by atoms with van der Waals surface area (Å²) < 4.78 is 65.4. The second-order valence-electron chi connectivity index (χ2n) is 24.1. The van der Waals surface area contributed by atoms with Crippen molar-refractivity contribution in [2.75, 3.05) is 41.0 Å². The number of amides is 1. The zero-order chi connectivity index (χ0) is 58.1. The van der Waals surface area contributed by atoms with Crippen LogP contribution >= 0.6 is 11.6 Å². The Balaban J connectivity index is 0.903. The lowest BCUT2D eigenvalue weighted by Gasteiger charge is -2.48. The van der Waals surface area contributed by atoms with Gasteiger partial charge in [-0.25, -0.2) is 14.6 Å². The van der Waals surface area contributed by atoms with Crippen molar-refractivity contribution in [1.29, 1.82) is 0 Å². The minimum absolute atomic E-state index is 0.00507. The molecule has 19 atom stereocenters. The number of methoxy groups -OCH3 is 1. The minimum atomic E-state index is -1.38. The summed E-state index contributed by atoms with van der Waals surface area (Å²) in [4.78, 5) is 96.5. The van der Waals surface area contributed by atoms with Gasteiger partial charge in [0.1, 0.15) is 46.6 Å². The summed E-state index contributed by atoms with van der Waals surface area (Å²) >= 11 is 6.57. The lowest BCUT2D eigenvalue weighted by Crippen LogP contribution is -2.72. The second-order valence-corrected chi connectivity index (χ2v) is 24.5. The van der Waals surface area contributed by atoms with Crippen LogP contribution in [0.5, 0.6) is 5.75 Å². The van der Waals surface area contributed by atoms with Crippen molar-refractivity contribution in [1.82, 2.24) is 14.8 Å². The predicted octanol–water partition coefficient (Wildman–Crippen LogP) is 5.72. The van der Waals surface area contributed by atoms with Crippen LogP contribution in [-0.4, -0.2) is 175 Å². The Kier molecular flexibility index (Phi) is 17.3. The number of hydrogen-bond donors (Lipinski definition) is 2. The number of epoxide rings is 1. The third-order valence-electron chi connectivity index (χ3n) is 18.1. The summed E-state index contributed by atoms with van der Waals surface area (Å²) in [5.74, 6) is -5.94. The second kappa shape index (κ2) is 23.0. The van der Waals surface area contributed by atoms with Gasteiger partial charge in [-0.15, -0.1) is 0 Å². The van der Waals surface area contributed by atoms with Gasteiger partial charge in [-0.2, -0.15) is 0 Å². The molecule has 7 fully saturated rings. The standard InChI is InChI=1S/C57H80ClN3O19/c1-14-40-56(10)57(79-56)47(59-53(57)68)29(4)43(63)27(2)24-55(9)48(77-52-46(78-80-55)38(60(11)12)21-28(3)72-52)30(5)45(31(6)51(67)74-40)76-42-25-54(8,69-13)49(32(7)73-42)75-41(62)17-18-70-19-20-71-39-22-34-37(23-36(39)58)61(33-15-16-33)26-35(44(34)64)50(65)66/h22-23,26-33,38,40,42,45-49,52H,14-21,24-25H2,1-13H3,(H,59,68)(H,65,66)/t27-,28+,29-,30+,31+,32-,38-,40-,42+,45+,46-,47+,48-,49+,52-,54+,55-,56-,57-/m0/s1. The molecule has 2 N–H and O–H groups in total. The minimum Gasteiger partial charge on any atom is -0.490 e. The van der Waals surface area contributed by atoms with E-state index in [0.717, 1.165) is 12.8 Å². The molecule has 23 heteroatoms. The van der Waals surface area contributed by atoms with E-state index in [1.807, 2.05) is 53.6 Å². The van der Waals surface area contributed by atoms with Crippen LogP contribution in [0.4, 0.5) is 0 Å². The molecule has 9 rings (SSSR count). The van der Waals surface area contributed by atoms with E-state index in [0.29, 0.717) is 18.4 Å². The summed E-state index contributed by atoms with van der Waals surface area (Å²) in [6.45, 7) is 18.1. The number of carboxylic acids is 1. The van der Waals surface area contributed by atoms with Crippen LogP contribution in [0.2, 0.25) is 5.02 Å². The molecule has 1 spiro atoms. The van der Waals surface area contributed by atoms with Gasteiger partial charge in [0.05, 0.1) is 71.9 Å². The number of likely N-dealkylation sites (N-methyl/N-ethyl adjacent to an activating group) is 1. The fourth-order valence-electron chi connectivity index (χ4n) is 13.3. The Bertz CT molecular complexity index is 2760. The number of halogens is 1. The topological polar surface area (TPSA) is 257 Å². The monoisotopic (exact) mass is 1150 g/mol. The number of aromatic carboxylic acids is 1. The summed E-state index contributed by atoms with van der Waals surface area (Å²) in [6.07, 6.45) is -3.46. The number of esters is 2. The summed E-state index contributed by atoms with van der Waals surface area (Å²) in [7, 11) is 5.39. The smallest absolute Gasteiger partial charge is 0.341 e. The Morgan fingerprint density at radius 3 is 2.33 bits per heavy atom. The number of carbonyl (C=O) groups is 5. The summed E-state index contributed by atoms with van der Waals surface area (Å²) in [6, 6.07) is 2.28. The van der Waals surface area contributed by atoms with Crippen molar-refractivity contribution < 1.29 is 86.2 Å². The number of rotatable bonds is 15. The van der Waals surface area contributed by atoms with Crippen LogP contribution in [0.25, 0.3) is 10.9 Å². The quantitative estimate of drug-likeness (QED) is 0.0711. The van der Waals surface area contributed by atoms with Crippen LogP contribution in [0.1, 0.15) is 131 Å². The average molecular weight is 1150 g/mol. The molecular weight excluding hydrogens is 1070 g/mol. The number of aromatic nitrogens is 1. The highest BCUT2D eigenvalue weighted by Crippen LogP contribution is 2.60. The molecule has 7 heterocycles. The van der Waals surface area contributed by atoms with Crippen molar-refractivity contribution in [3.8, 4) is 5.75 Å². The van der Waals surface area contributed by atoms with Gasteiger partial charge < -0.3 is 67.3 Å². The van der Waals surface area contributed by atoms with Crippen LogP contribution in [0.15, 0.2) is 23.1 Å². The van der Waals surface area contributed by atoms with Crippen LogP contribution in [0, 0.1) is 23.7 Å². The van der Waals surface area contributed by atoms with E-state index in [-0.39, 0.29) is 90.7 Å². The van der Waals surface area contributed by atoms with E-state index >= 15 is 0 Å². The number of nitrogens with one attached hydrogen (secondary N) is 1. The number of ketones is 1. The molecule has 80 heavy (non-hydrogen) atoms. The lowest BCUT2D eigenvalue weighted by molar-refractivity contribution is -0.400. The third-order valence-corrected chi connectivity index (χ3v) is 18.4. The maximum atomic E-state index is 14.8. The number of nitrogens with zero attached hydrogens (tertiary/aromatic N) is 2. The summed E-state index contributed by atoms with van der Waals surface area (Å²) in [5, 5.41) is 13.0. The molecule has 22 nitrogen and oxygen atoms in total. The van der Waals surface area contributed by atoms with Crippen molar-refractivity contribution in [3.05, 3.63) is 39.1 Å². The first-order valence-electron chi connectivity index (χ1n) is 28.2. The molecule has 444 valence electrons. The number of fused-ring (bicyclic) bond motifs is 3. The number of β-lactam (4-membered cyclic amide) rings is 1. The Morgan fingerprint density at radius 1 is 0.950 bits per heavy atom. The number of benzene rings is 1. The Labute approximate surface area is 471 Å². The molecule has 6 aliphatic heterocycles. The lowest BCUT2D eigenvalue weighted by atomic mass is 9.69. The SMILES string of the molecule is CC[C@@H]1OC(=O)[C@H](C)[C@H](O[C@@H]2C[C@@](C)(OC)[C@H](OC(=O)CCOCCOc3cc4c(=O)c(C(=O)O)cn(C5CC5)c4cc3Cl)[C@H](C)O2)[C@@H](C)[C@@H]2O[C@@H]3O[C@H](C)C[C@H](N(C)C)[C@@H]3OO[C@@]2(C)C[C@H](C)C(=O)[C@H](C)[C@H]2NC(=O)[C@@]23O[C@@]13C. The number of Topliss-reactive ketones (excluding diaryl/α,β-unsaturated/α-hetero) is 1. The molecule has 1 aromatic heterocycles. The maximum absolute atomic E-state index is 14.8. The molecule has 1 amide bonds. The Hall–Kier alpha value is -4.33. The fourth-order valence-corrected chi connectivity index (χ4v) is 13.5. The Morgan fingerprint density at radius 2 is 1.68 bits per heavy atom. The number of hydrogen-bond acceptors (Lipinski definition) is 19. The van der Waals surface area contributed by atoms with Gasteiger partial charge in [-0.3, -0.25) is 24.0 Å². The van der Waals surface area contributed by atoms with Crippen molar-refractivity contribution >= 4 is 52.1 Å². The van der Waals surface area contributed by atoms with E-state index in [1.165, 1.54) is 19.4 Å². The third kappa shape index (κ3) is 11.0. The number of carbonyl (C=O) groups excluding carboxylic acids is 4. The van der Waals surface area contributed by atoms with Gasteiger partial charge in [0.25, 0.3) is 5.91 Å². The molecule has 1 aromatic carbocycles. The maximum Gasteiger partial charge on any atom is 0.341 e. The highest BCUT2D eigenvalue weighted by molar-refractivity contribution is 6.32. The van der Waals surface area contributed by atoms with Gasteiger partial charge in [0.2, 0.25) is 5.43 Å². The van der Waals surface area contributed by atoms with Gasteiger partial charge in [0, 0.05) is 49.6 Å². The van der Waals surface area contributed by atoms with E-state index in [9.17, 15) is 33.9 Å². The normalized spacial score (nSPS) is 40.3. The number of pyridine rings is 1. The van der Waals surface area contributed by atoms with Crippen LogP contribution < -0.4 is 15.5 Å². The van der Waals surface area contributed by atoms with E-state index in [2.05, 4.69) is 5.32 Å². The molecule has 2 aromatic rings. The molecule has 1 aliphatic carbocycles. The van der Waals surface area contributed by atoms with Gasteiger partial charge in [-0.05, 0) is 99.9 Å². The molecule has 0 radical (unpaired) electrons. The van der Waals surface area contributed by atoms with E-state index in [1.54, 1.807) is 45.3 Å². The van der Waals surface area contributed by atoms with Crippen LogP contribution in [0.3, 0.4) is 0 Å². The van der Waals surface area contributed by atoms with Gasteiger partial charge in [0.15, 0.2) is 30.4 Å². The first-order valence-corrected chi connectivity index (χ1v) is 28.5. The summed E-state index contributed by atoms with van der Waals surface area (Å²) in [5.41, 5.74) is -5.60. The highest BCUT2D eigenvalue weighted by Gasteiger charge is 2.84. The fraction of sp³-hybridized carbons (Fsp3) is 0.754. The highest BCUT2D eigenvalue weighted by atomic mass is 35.5.